The Balaban J connectivity index is 2.07. The van der Waals surface area contributed by atoms with Crippen LogP contribution >= 0.6 is 11.3 Å². The molecule has 114 valence electrons. The van der Waals surface area contributed by atoms with Gasteiger partial charge in [0.15, 0.2) is 0 Å². The summed E-state index contributed by atoms with van der Waals surface area (Å²) < 4.78 is 0. The summed E-state index contributed by atoms with van der Waals surface area (Å²) in [5.41, 5.74) is 7.28. The van der Waals surface area contributed by atoms with E-state index in [0.717, 1.165) is 36.1 Å². The van der Waals surface area contributed by atoms with Crippen molar-refractivity contribution in [3.05, 3.63) is 16.3 Å². The number of fused-ring (bicyclic) bond motifs is 1. The van der Waals surface area contributed by atoms with Gasteiger partial charge in [-0.05, 0) is 51.1 Å². The number of nitrogens with two attached hydrogens (primary N) is 1. The molecule has 0 bridgehead atoms. The van der Waals surface area contributed by atoms with Gasteiger partial charge in [-0.25, -0.2) is 9.97 Å². The van der Waals surface area contributed by atoms with Gasteiger partial charge in [0.25, 0.3) is 0 Å². The molecule has 0 radical (unpaired) electrons. The zero-order valence-electron chi connectivity index (χ0n) is 13.3. The number of hydrogen-bond acceptors (Lipinski definition) is 5. The van der Waals surface area contributed by atoms with Crippen LogP contribution in [0.5, 0.6) is 0 Å². The Labute approximate surface area is 130 Å². The number of piperidine rings is 1. The van der Waals surface area contributed by atoms with E-state index in [9.17, 15) is 0 Å². The molecule has 5 heteroatoms. The number of nitrogens with zero attached hydrogens (tertiary/aromatic N) is 3. The highest BCUT2D eigenvalue weighted by atomic mass is 32.1. The predicted molar refractivity (Wildman–Crippen MR) is 90.2 cm³/mol. The average molecular weight is 304 g/mol. The summed E-state index contributed by atoms with van der Waals surface area (Å²) in [6, 6.07) is 0. The van der Waals surface area contributed by atoms with E-state index in [1.165, 1.54) is 22.2 Å². The molecule has 2 atom stereocenters. The van der Waals surface area contributed by atoms with Crippen LogP contribution in [0.1, 0.15) is 29.6 Å². The minimum Gasteiger partial charge on any atom is -0.356 e. The van der Waals surface area contributed by atoms with Crippen molar-refractivity contribution >= 4 is 27.4 Å². The summed E-state index contributed by atoms with van der Waals surface area (Å²) in [7, 11) is 0. The fraction of sp³-hybridized carbons (Fsp3) is 0.625. The highest BCUT2D eigenvalue weighted by Crippen LogP contribution is 2.36. The lowest BCUT2D eigenvalue weighted by Gasteiger charge is -2.37. The Kier molecular flexibility index (Phi) is 3.88. The van der Waals surface area contributed by atoms with Gasteiger partial charge in [0.2, 0.25) is 0 Å². The number of aryl methyl sites for hydroxylation is 3. The normalized spacial score (nSPS) is 23.0. The first-order chi connectivity index (χ1) is 10.0. The minimum atomic E-state index is 0.559. The van der Waals surface area contributed by atoms with Crippen molar-refractivity contribution in [3.63, 3.8) is 0 Å². The Hall–Kier alpha value is -1.20. The molecule has 0 spiro atoms. The molecule has 2 aromatic rings. The van der Waals surface area contributed by atoms with Gasteiger partial charge in [-0.15, -0.1) is 11.3 Å². The predicted octanol–water partition coefficient (Wildman–Crippen LogP) is 3.04. The summed E-state index contributed by atoms with van der Waals surface area (Å²) in [4.78, 5) is 14.3. The van der Waals surface area contributed by atoms with E-state index >= 15 is 0 Å². The largest absolute Gasteiger partial charge is 0.356 e. The molecule has 1 aliphatic rings. The van der Waals surface area contributed by atoms with E-state index in [1.807, 2.05) is 6.92 Å². The molecule has 4 nitrogen and oxygen atoms in total. The summed E-state index contributed by atoms with van der Waals surface area (Å²) in [6.07, 6.45) is 1.19. The molecule has 0 aromatic carbocycles. The second kappa shape index (κ2) is 5.54. The van der Waals surface area contributed by atoms with Crippen LogP contribution in [0.3, 0.4) is 0 Å². The lowest BCUT2D eigenvalue weighted by Crippen LogP contribution is -2.43. The van der Waals surface area contributed by atoms with Gasteiger partial charge in [0, 0.05) is 18.0 Å². The van der Waals surface area contributed by atoms with Gasteiger partial charge in [0.1, 0.15) is 16.5 Å². The highest BCUT2D eigenvalue weighted by Gasteiger charge is 2.28. The zero-order chi connectivity index (χ0) is 15.1. The molecule has 21 heavy (non-hydrogen) atoms. The Morgan fingerprint density at radius 2 is 2.05 bits per heavy atom. The van der Waals surface area contributed by atoms with Crippen LogP contribution in [0.2, 0.25) is 0 Å². The van der Waals surface area contributed by atoms with Crippen molar-refractivity contribution < 1.29 is 0 Å². The Bertz CT molecular complexity index is 664. The van der Waals surface area contributed by atoms with Crippen molar-refractivity contribution in [2.45, 2.75) is 34.1 Å². The monoisotopic (exact) mass is 304 g/mol. The van der Waals surface area contributed by atoms with Crippen LogP contribution in [-0.2, 0) is 0 Å². The van der Waals surface area contributed by atoms with Crippen molar-refractivity contribution in [2.75, 3.05) is 24.5 Å². The third-order valence-electron chi connectivity index (χ3n) is 4.84. The van der Waals surface area contributed by atoms with Gasteiger partial charge in [0.05, 0.1) is 5.39 Å². The van der Waals surface area contributed by atoms with Gasteiger partial charge in [-0.1, -0.05) is 6.92 Å². The Morgan fingerprint density at radius 3 is 2.76 bits per heavy atom. The molecule has 3 heterocycles. The smallest absolute Gasteiger partial charge is 0.141 e. The second-order valence-electron chi connectivity index (χ2n) is 6.27. The molecule has 1 aliphatic heterocycles. The molecule has 0 amide bonds. The molecule has 0 saturated carbocycles. The van der Waals surface area contributed by atoms with Crippen molar-refractivity contribution in [1.29, 1.82) is 0 Å². The zero-order valence-corrected chi connectivity index (χ0v) is 14.1. The second-order valence-corrected chi connectivity index (χ2v) is 7.47. The quantitative estimate of drug-likeness (QED) is 0.926. The standard InChI is InChI=1S/C16H24N4S/c1-9-5-6-20(8-13(9)7-17)15-14-10(2)11(3)21-16(14)19-12(4)18-15/h9,13H,5-8,17H2,1-4H3. The number of anilines is 1. The van der Waals surface area contributed by atoms with Crippen molar-refractivity contribution in [3.8, 4) is 0 Å². The number of thiophene rings is 1. The van der Waals surface area contributed by atoms with Crippen LogP contribution < -0.4 is 10.6 Å². The summed E-state index contributed by atoms with van der Waals surface area (Å²) in [5.74, 6) is 3.24. The molecule has 1 fully saturated rings. The van der Waals surface area contributed by atoms with Crippen LogP contribution in [0.15, 0.2) is 0 Å². The fourth-order valence-electron chi connectivity index (χ4n) is 3.21. The summed E-state index contributed by atoms with van der Waals surface area (Å²) >= 11 is 1.78. The molecule has 2 aromatic heterocycles. The molecule has 1 saturated heterocycles. The summed E-state index contributed by atoms with van der Waals surface area (Å²) in [6.45, 7) is 11.5. The van der Waals surface area contributed by atoms with Crippen LogP contribution in [-0.4, -0.2) is 29.6 Å². The number of aromatic nitrogens is 2. The average Bonchev–Trinajstić information content (AvgIpc) is 2.73. The highest BCUT2D eigenvalue weighted by molar-refractivity contribution is 7.18. The van der Waals surface area contributed by atoms with E-state index in [2.05, 4.69) is 30.7 Å². The lowest BCUT2D eigenvalue weighted by atomic mass is 9.87. The number of rotatable bonds is 2. The van der Waals surface area contributed by atoms with E-state index in [1.54, 1.807) is 11.3 Å². The molecular formula is C16H24N4S. The van der Waals surface area contributed by atoms with E-state index in [0.29, 0.717) is 11.8 Å². The molecule has 3 rings (SSSR count). The third-order valence-corrected chi connectivity index (χ3v) is 5.94. The van der Waals surface area contributed by atoms with E-state index in [-0.39, 0.29) is 0 Å². The minimum absolute atomic E-state index is 0.559. The first-order valence-electron chi connectivity index (χ1n) is 7.70. The maximum atomic E-state index is 5.95. The fourth-order valence-corrected chi connectivity index (χ4v) is 4.28. The first-order valence-corrected chi connectivity index (χ1v) is 8.52. The van der Waals surface area contributed by atoms with E-state index < -0.39 is 0 Å². The van der Waals surface area contributed by atoms with Crippen LogP contribution in [0.4, 0.5) is 5.82 Å². The van der Waals surface area contributed by atoms with Crippen LogP contribution in [0.25, 0.3) is 10.2 Å². The summed E-state index contributed by atoms with van der Waals surface area (Å²) in [5, 5.41) is 1.24. The van der Waals surface area contributed by atoms with Gasteiger partial charge < -0.3 is 10.6 Å². The van der Waals surface area contributed by atoms with Gasteiger partial charge in [-0.3, -0.25) is 0 Å². The molecular weight excluding hydrogens is 280 g/mol. The lowest BCUT2D eigenvalue weighted by molar-refractivity contribution is 0.307. The Morgan fingerprint density at radius 1 is 1.29 bits per heavy atom. The first kappa shape index (κ1) is 14.7. The van der Waals surface area contributed by atoms with Gasteiger partial charge in [-0.2, -0.15) is 0 Å². The topological polar surface area (TPSA) is 55.0 Å². The van der Waals surface area contributed by atoms with E-state index in [4.69, 9.17) is 10.7 Å². The van der Waals surface area contributed by atoms with Gasteiger partial charge >= 0.3 is 0 Å². The van der Waals surface area contributed by atoms with Crippen LogP contribution in [0, 0.1) is 32.6 Å². The maximum absolute atomic E-state index is 5.95. The molecule has 2 N–H and O–H groups in total. The van der Waals surface area contributed by atoms with Crippen molar-refractivity contribution in [2.24, 2.45) is 17.6 Å². The molecule has 0 aliphatic carbocycles. The third kappa shape index (κ3) is 2.53. The SMILES string of the molecule is Cc1nc(N2CCC(C)C(CN)C2)c2c(C)c(C)sc2n1. The molecule has 2 unspecified atom stereocenters. The number of hydrogen-bond donors (Lipinski definition) is 1. The van der Waals surface area contributed by atoms with Crippen molar-refractivity contribution in [1.82, 2.24) is 9.97 Å². The maximum Gasteiger partial charge on any atom is 0.141 e.